The largest absolute Gasteiger partial charge is 0.497 e. The molecule has 0 saturated heterocycles. The van der Waals surface area contributed by atoms with Crippen LogP contribution < -0.4 is 0 Å². The van der Waals surface area contributed by atoms with Gasteiger partial charge in [0.15, 0.2) is 0 Å². The van der Waals surface area contributed by atoms with Crippen LogP contribution in [0.3, 0.4) is 0 Å². The Morgan fingerprint density at radius 3 is 2.67 bits per heavy atom. The van der Waals surface area contributed by atoms with E-state index in [-0.39, 0.29) is 0 Å². The van der Waals surface area contributed by atoms with Crippen LogP contribution in [0.25, 0.3) is 0 Å². The standard InChI is InChI=1S/C9H11NO5/c1-14-8-4-3-7(6-11)9(5-8,15-2)10(12)13/h3-7H,1-2H3. The van der Waals surface area contributed by atoms with Crippen LogP contribution in [0, 0.1) is 16.0 Å². The molecule has 0 heterocycles. The molecule has 0 aromatic carbocycles. The molecule has 1 rings (SSSR count). The topological polar surface area (TPSA) is 78.7 Å². The maximum Gasteiger partial charge on any atom is 0.361 e. The van der Waals surface area contributed by atoms with Gasteiger partial charge in [-0.15, -0.1) is 0 Å². The molecule has 0 bridgehead atoms. The monoisotopic (exact) mass is 213 g/mol. The second-order valence-corrected chi connectivity index (χ2v) is 2.98. The van der Waals surface area contributed by atoms with Crippen molar-refractivity contribution >= 4 is 6.29 Å². The summed E-state index contributed by atoms with van der Waals surface area (Å²) in [6.45, 7) is 0. The second kappa shape index (κ2) is 4.22. The molecule has 2 atom stereocenters. The van der Waals surface area contributed by atoms with E-state index >= 15 is 0 Å². The zero-order valence-electron chi connectivity index (χ0n) is 8.38. The van der Waals surface area contributed by atoms with E-state index in [4.69, 9.17) is 9.47 Å². The summed E-state index contributed by atoms with van der Waals surface area (Å²) in [6.07, 6.45) is 4.55. The number of carbonyl (C=O) groups is 1. The first-order valence-electron chi connectivity index (χ1n) is 4.20. The molecule has 6 heteroatoms. The number of allylic oxidation sites excluding steroid dienone is 1. The minimum Gasteiger partial charge on any atom is -0.497 e. The van der Waals surface area contributed by atoms with E-state index in [1.807, 2.05) is 0 Å². The summed E-state index contributed by atoms with van der Waals surface area (Å²) >= 11 is 0. The van der Waals surface area contributed by atoms with E-state index in [1.54, 1.807) is 0 Å². The van der Waals surface area contributed by atoms with Gasteiger partial charge in [0.1, 0.15) is 18.0 Å². The molecule has 0 N–H and O–H groups in total. The first-order valence-corrected chi connectivity index (χ1v) is 4.20. The lowest BCUT2D eigenvalue weighted by Gasteiger charge is -2.26. The molecule has 0 fully saturated rings. The van der Waals surface area contributed by atoms with Crippen molar-refractivity contribution in [1.82, 2.24) is 0 Å². The lowest BCUT2D eigenvalue weighted by Crippen LogP contribution is -2.47. The number of aldehydes is 1. The van der Waals surface area contributed by atoms with Gasteiger partial charge in [-0.05, 0) is 6.08 Å². The molecule has 0 spiro atoms. The van der Waals surface area contributed by atoms with Gasteiger partial charge in [-0.2, -0.15) is 0 Å². The van der Waals surface area contributed by atoms with Gasteiger partial charge in [-0.1, -0.05) is 6.08 Å². The Hall–Kier alpha value is -1.69. The van der Waals surface area contributed by atoms with Crippen LogP contribution in [0.2, 0.25) is 0 Å². The molecule has 0 aliphatic heterocycles. The van der Waals surface area contributed by atoms with Crippen molar-refractivity contribution in [3.05, 3.63) is 34.1 Å². The van der Waals surface area contributed by atoms with Crippen LogP contribution in [0.15, 0.2) is 24.0 Å². The van der Waals surface area contributed by atoms with Gasteiger partial charge < -0.3 is 14.3 Å². The lowest BCUT2D eigenvalue weighted by atomic mass is 9.92. The van der Waals surface area contributed by atoms with Gasteiger partial charge in [0.2, 0.25) is 0 Å². The number of methoxy groups -OCH3 is 2. The maximum atomic E-state index is 10.9. The summed E-state index contributed by atoms with van der Waals surface area (Å²) in [6, 6.07) is 0. The van der Waals surface area contributed by atoms with E-state index in [0.717, 1.165) is 0 Å². The van der Waals surface area contributed by atoms with Gasteiger partial charge in [0, 0.05) is 7.11 Å². The van der Waals surface area contributed by atoms with Crippen molar-refractivity contribution in [3.63, 3.8) is 0 Å². The molecule has 0 amide bonds. The molecule has 0 radical (unpaired) electrons. The Kier molecular flexibility index (Phi) is 3.21. The second-order valence-electron chi connectivity index (χ2n) is 2.98. The highest BCUT2D eigenvalue weighted by atomic mass is 16.7. The number of nitro groups is 1. The maximum absolute atomic E-state index is 10.9. The number of hydrogen-bond acceptors (Lipinski definition) is 5. The fourth-order valence-corrected chi connectivity index (χ4v) is 1.40. The van der Waals surface area contributed by atoms with E-state index in [9.17, 15) is 14.9 Å². The van der Waals surface area contributed by atoms with Crippen molar-refractivity contribution in [2.24, 2.45) is 5.92 Å². The first-order chi connectivity index (χ1) is 7.10. The Labute approximate surface area is 86.3 Å². The summed E-state index contributed by atoms with van der Waals surface area (Å²) < 4.78 is 9.70. The average molecular weight is 213 g/mol. The zero-order valence-corrected chi connectivity index (χ0v) is 8.38. The summed E-state index contributed by atoms with van der Waals surface area (Å²) in [4.78, 5) is 21.0. The molecule has 1 aliphatic rings. The molecule has 82 valence electrons. The van der Waals surface area contributed by atoms with Crippen LogP contribution >= 0.6 is 0 Å². The van der Waals surface area contributed by atoms with Crippen molar-refractivity contribution in [2.45, 2.75) is 5.72 Å². The Bertz CT molecular complexity index is 335. The average Bonchev–Trinajstić information content (AvgIpc) is 2.27. The smallest absolute Gasteiger partial charge is 0.361 e. The van der Waals surface area contributed by atoms with Crippen LogP contribution in [0.4, 0.5) is 0 Å². The number of nitrogens with zero attached hydrogens (tertiary/aromatic N) is 1. The minimum absolute atomic E-state index is 0.298. The Morgan fingerprint density at radius 2 is 2.27 bits per heavy atom. The van der Waals surface area contributed by atoms with E-state index in [0.29, 0.717) is 12.0 Å². The number of carbonyl (C=O) groups excluding carboxylic acids is 1. The van der Waals surface area contributed by atoms with E-state index < -0.39 is 16.6 Å². The van der Waals surface area contributed by atoms with Crippen LogP contribution in [-0.2, 0) is 14.3 Å². The normalized spacial score (nSPS) is 29.5. The number of hydrogen-bond donors (Lipinski definition) is 0. The summed E-state index contributed by atoms with van der Waals surface area (Å²) in [7, 11) is 2.57. The molecule has 0 aromatic rings. The molecule has 2 unspecified atom stereocenters. The fraction of sp³-hybridized carbons (Fsp3) is 0.444. The molecular weight excluding hydrogens is 202 g/mol. The highest BCUT2D eigenvalue weighted by Gasteiger charge is 2.50. The van der Waals surface area contributed by atoms with Crippen LogP contribution in [0.1, 0.15) is 0 Å². The minimum atomic E-state index is -1.86. The van der Waals surface area contributed by atoms with E-state index in [1.165, 1.54) is 32.4 Å². The van der Waals surface area contributed by atoms with Gasteiger partial charge in [0.25, 0.3) is 0 Å². The van der Waals surface area contributed by atoms with Gasteiger partial charge in [0.05, 0.1) is 18.1 Å². The van der Waals surface area contributed by atoms with Crippen molar-refractivity contribution < 1.29 is 19.2 Å². The van der Waals surface area contributed by atoms with Crippen molar-refractivity contribution in [1.29, 1.82) is 0 Å². The van der Waals surface area contributed by atoms with E-state index in [2.05, 4.69) is 0 Å². The Balaban J connectivity index is 3.19. The van der Waals surface area contributed by atoms with Crippen LogP contribution in [0.5, 0.6) is 0 Å². The summed E-state index contributed by atoms with van der Waals surface area (Å²) in [5.74, 6) is -0.650. The van der Waals surface area contributed by atoms with Gasteiger partial charge in [-0.25, -0.2) is 0 Å². The summed E-state index contributed by atoms with van der Waals surface area (Å²) in [5, 5.41) is 10.9. The quantitative estimate of drug-likeness (QED) is 0.294. The highest BCUT2D eigenvalue weighted by molar-refractivity contribution is 5.60. The summed E-state index contributed by atoms with van der Waals surface area (Å²) in [5.41, 5.74) is -1.86. The third-order valence-corrected chi connectivity index (χ3v) is 2.29. The molecule has 6 nitrogen and oxygen atoms in total. The van der Waals surface area contributed by atoms with Gasteiger partial charge >= 0.3 is 5.72 Å². The number of ether oxygens (including phenoxy) is 2. The molecule has 0 aromatic heterocycles. The zero-order chi connectivity index (χ0) is 11.5. The third kappa shape index (κ3) is 1.75. The molecule has 1 aliphatic carbocycles. The van der Waals surface area contributed by atoms with Crippen molar-refractivity contribution in [2.75, 3.05) is 14.2 Å². The highest BCUT2D eigenvalue weighted by Crippen LogP contribution is 2.30. The lowest BCUT2D eigenvalue weighted by molar-refractivity contribution is -0.616. The fourth-order valence-electron chi connectivity index (χ4n) is 1.40. The van der Waals surface area contributed by atoms with Crippen molar-refractivity contribution in [3.8, 4) is 0 Å². The Morgan fingerprint density at radius 1 is 1.60 bits per heavy atom. The predicted molar refractivity (Wildman–Crippen MR) is 50.5 cm³/mol. The molecule has 0 saturated carbocycles. The SMILES string of the molecule is COC1=CC(OC)([N+](=O)[O-])C(C=O)C=C1. The van der Waals surface area contributed by atoms with Gasteiger partial charge in [-0.3, -0.25) is 10.1 Å². The van der Waals surface area contributed by atoms with Crippen LogP contribution in [-0.4, -0.2) is 31.2 Å². The molecular formula is C9H11NO5. The predicted octanol–water partition coefficient (Wildman–Crippen LogP) is 0.521. The molecule has 15 heavy (non-hydrogen) atoms. The third-order valence-electron chi connectivity index (χ3n) is 2.29. The number of rotatable bonds is 4. The first kappa shape index (κ1) is 11.4.